The van der Waals surface area contributed by atoms with Crippen LogP contribution in [0.3, 0.4) is 0 Å². The minimum atomic E-state index is -3.40. The molecule has 0 unspecified atom stereocenters. The van der Waals surface area contributed by atoms with Crippen LogP contribution in [0.2, 0.25) is 0 Å². The third kappa shape index (κ3) is 6.08. The number of nitrogens with one attached hydrogen (secondary N) is 1. The lowest BCUT2D eigenvalue weighted by molar-refractivity contribution is -0.137. The number of carbonyl (C=O) groups excluding carboxylic acids is 1. The van der Waals surface area contributed by atoms with E-state index < -0.39 is 16.0 Å². The van der Waals surface area contributed by atoms with Crippen LogP contribution in [0.1, 0.15) is 12.5 Å². The number of rotatable bonds is 7. The van der Waals surface area contributed by atoms with Gasteiger partial charge < -0.3 is 4.74 Å². The van der Waals surface area contributed by atoms with Crippen molar-refractivity contribution < 1.29 is 17.9 Å². The molecule has 0 aliphatic rings. The molecule has 0 radical (unpaired) electrons. The van der Waals surface area contributed by atoms with Gasteiger partial charge in [-0.3, -0.25) is 4.72 Å². The van der Waals surface area contributed by atoms with Crippen molar-refractivity contribution in [2.75, 3.05) is 23.0 Å². The average molecular weight is 318 g/mol. The standard InChI is InChI=1S/C13H16ClNO4S/c1-2-19-13(16)8-5-11-3-6-12(7-4-11)15-20(17,18)10-9-14/h3-8,15H,2,9-10H2,1H3/b8-5+. The maximum Gasteiger partial charge on any atom is 0.330 e. The molecule has 0 spiro atoms. The van der Waals surface area contributed by atoms with E-state index in [4.69, 9.17) is 16.3 Å². The lowest BCUT2D eigenvalue weighted by atomic mass is 10.2. The number of alkyl halides is 1. The van der Waals surface area contributed by atoms with E-state index in [1.165, 1.54) is 6.08 Å². The maximum absolute atomic E-state index is 11.5. The van der Waals surface area contributed by atoms with Crippen molar-refractivity contribution in [3.8, 4) is 0 Å². The first-order chi connectivity index (χ1) is 9.46. The van der Waals surface area contributed by atoms with E-state index in [-0.39, 0.29) is 11.6 Å². The van der Waals surface area contributed by atoms with Crippen LogP contribution in [0.15, 0.2) is 30.3 Å². The Labute approximate surface area is 123 Å². The molecule has 0 bridgehead atoms. The van der Waals surface area contributed by atoms with Crippen LogP contribution in [0.5, 0.6) is 0 Å². The van der Waals surface area contributed by atoms with Crippen molar-refractivity contribution in [3.63, 3.8) is 0 Å². The van der Waals surface area contributed by atoms with Gasteiger partial charge in [0.25, 0.3) is 0 Å². The third-order valence-electron chi connectivity index (χ3n) is 2.23. The lowest BCUT2D eigenvalue weighted by Crippen LogP contribution is -2.17. The predicted molar refractivity (Wildman–Crippen MR) is 80.2 cm³/mol. The number of carbonyl (C=O) groups is 1. The van der Waals surface area contributed by atoms with Gasteiger partial charge in [0.15, 0.2) is 0 Å². The fraction of sp³-hybridized carbons (Fsp3) is 0.308. The summed E-state index contributed by atoms with van der Waals surface area (Å²) in [7, 11) is -3.40. The van der Waals surface area contributed by atoms with Crippen molar-refractivity contribution in [1.82, 2.24) is 0 Å². The van der Waals surface area contributed by atoms with E-state index in [1.54, 1.807) is 37.3 Å². The molecule has 1 N–H and O–H groups in total. The second kappa shape index (κ2) is 7.91. The van der Waals surface area contributed by atoms with Gasteiger partial charge in [0.2, 0.25) is 10.0 Å². The smallest absolute Gasteiger partial charge is 0.330 e. The Bertz CT molecular complexity index is 567. The van der Waals surface area contributed by atoms with Gasteiger partial charge in [-0.05, 0) is 30.7 Å². The number of sulfonamides is 1. The van der Waals surface area contributed by atoms with Gasteiger partial charge in [-0.25, -0.2) is 13.2 Å². The number of esters is 1. The van der Waals surface area contributed by atoms with Gasteiger partial charge in [0.05, 0.1) is 12.4 Å². The molecule has 0 atom stereocenters. The molecule has 1 aromatic rings. The summed E-state index contributed by atoms with van der Waals surface area (Å²) in [5.74, 6) is -0.520. The molecule has 1 aromatic carbocycles. The predicted octanol–water partition coefficient (Wildman–Crippen LogP) is 2.24. The molecule has 110 valence electrons. The Hall–Kier alpha value is -1.53. The highest BCUT2D eigenvalue weighted by Crippen LogP contribution is 2.12. The molecular weight excluding hydrogens is 302 g/mol. The molecule has 1 rings (SSSR count). The number of benzene rings is 1. The van der Waals surface area contributed by atoms with Crippen molar-refractivity contribution in [1.29, 1.82) is 0 Å². The zero-order chi connectivity index (χ0) is 15.0. The first-order valence-corrected chi connectivity index (χ1v) is 8.17. The molecule has 20 heavy (non-hydrogen) atoms. The second-order valence-corrected chi connectivity index (χ2v) is 6.04. The molecule has 0 amide bonds. The Morgan fingerprint density at radius 1 is 1.35 bits per heavy atom. The number of halogens is 1. The van der Waals surface area contributed by atoms with Gasteiger partial charge in [0, 0.05) is 17.6 Å². The van der Waals surface area contributed by atoms with Crippen molar-refractivity contribution in [2.45, 2.75) is 6.92 Å². The Morgan fingerprint density at radius 3 is 2.55 bits per heavy atom. The SMILES string of the molecule is CCOC(=O)/C=C/c1ccc(NS(=O)(=O)CCCl)cc1. The van der Waals surface area contributed by atoms with Gasteiger partial charge in [-0.2, -0.15) is 0 Å². The minimum absolute atomic E-state index is 0.0374. The number of anilines is 1. The Kier molecular flexibility index (Phi) is 6.54. The van der Waals surface area contributed by atoms with Crippen LogP contribution >= 0.6 is 11.6 Å². The lowest BCUT2D eigenvalue weighted by Gasteiger charge is -2.06. The van der Waals surface area contributed by atoms with E-state index in [9.17, 15) is 13.2 Å². The number of hydrogen-bond acceptors (Lipinski definition) is 4. The minimum Gasteiger partial charge on any atom is -0.463 e. The van der Waals surface area contributed by atoms with Crippen LogP contribution in [-0.4, -0.2) is 32.6 Å². The fourth-order valence-electron chi connectivity index (χ4n) is 1.35. The van der Waals surface area contributed by atoms with E-state index in [0.717, 1.165) is 5.56 Å². The number of hydrogen-bond donors (Lipinski definition) is 1. The molecule has 7 heteroatoms. The Balaban J connectivity index is 2.67. The summed E-state index contributed by atoms with van der Waals surface area (Å²) >= 11 is 5.40. The van der Waals surface area contributed by atoms with Gasteiger partial charge in [-0.1, -0.05) is 12.1 Å². The first-order valence-electron chi connectivity index (χ1n) is 5.98. The van der Waals surface area contributed by atoms with E-state index in [1.807, 2.05) is 0 Å². The highest BCUT2D eigenvalue weighted by atomic mass is 35.5. The maximum atomic E-state index is 11.5. The molecule has 0 fully saturated rings. The molecule has 0 aliphatic heterocycles. The first kappa shape index (κ1) is 16.5. The van der Waals surface area contributed by atoms with Crippen LogP contribution < -0.4 is 4.72 Å². The highest BCUT2D eigenvalue weighted by molar-refractivity contribution is 7.92. The number of ether oxygens (including phenoxy) is 1. The molecule has 0 heterocycles. The molecule has 0 aromatic heterocycles. The largest absolute Gasteiger partial charge is 0.463 e. The summed E-state index contributed by atoms with van der Waals surface area (Å²) in [4.78, 5) is 11.1. The van der Waals surface area contributed by atoms with Gasteiger partial charge >= 0.3 is 5.97 Å². The zero-order valence-electron chi connectivity index (χ0n) is 11.0. The van der Waals surface area contributed by atoms with Crippen LogP contribution in [0, 0.1) is 0 Å². The summed E-state index contributed by atoms with van der Waals surface area (Å²) in [6, 6.07) is 6.59. The van der Waals surface area contributed by atoms with Gasteiger partial charge in [0.1, 0.15) is 0 Å². The quantitative estimate of drug-likeness (QED) is 0.475. The summed E-state index contributed by atoms with van der Waals surface area (Å²) < 4.78 is 30.2. The Morgan fingerprint density at radius 2 is 2.00 bits per heavy atom. The summed E-state index contributed by atoms with van der Waals surface area (Å²) in [5.41, 5.74) is 1.21. The second-order valence-electron chi connectivity index (χ2n) is 3.82. The topological polar surface area (TPSA) is 72.5 Å². The average Bonchev–Trinajstić information content (AvgIpc) is 2.38. The van der Waals surface area contributed by atoms with Crippen LogP contribution in [0.4, 0.5) is 5.69 Å². The molecule has 0 aliphatic carbocycles. The normalized spacial score (nSPS) is 11.5. The zero-order valence-corrected chi connectivity index (χ0v) is 12.6. The molecule has 5 nitrogen and oxygen atoms in total. The molecule has 0 saturated carbocycles. The monoisotopic (exact) mass is 317 g/mol. The van der Waals surface area contributed by atoms with Crippen molar-refractivity contribution >= 4 is 39.4 Å². The van der Waals surface area contributed by atoms with Crippen molar-refractivity contribution in [2.24, 2.45) is 0 Å². The highest BCUT2D eigenvalue weighted by Gasteiger charge is 2.08. The van der Waals surface area contributed by atoms with Crippen LogP contribution in [-0.2, 0) is 19.6 Å². The van der Waals surface area contributed by atoms with Crippen LogP contribution in [0.25, 0.3) is 6.08 Å². The summed E-state index contributed by atoms with van der Waals surface area (Å²) in [5, 5.41) is 0. The summed E-state index contributed by atoms with van der Waals surface area (Å²) in [6.45, 7) is 2.05. The van der Waals surface area contributed by atoms with Crippen molar-refractivity contribution in [3.05, 3.63) is 35.9 Å². The molecule has 0 saturated heterocycles. The van der Waals surface area contributed by atoms with E-state index in [0.29, 0.717) is 12.3 Å². The fourth-order valence-corrected chi connectivity index (χ4v) is 2.76. The third-order valence-corrected chi connectivity index (χ3v) is 3.93. The van der Waals surface area contributed by atoms with E-state index in [2.05, 4.69) is 4.72 Å². The van der Waals surface area contributed by atoms with Gasteiger partial charge in [-0.15, -0.1) is 11.6 Å². The van der Waals surface area contributed by atoms with E-state index >= 15 is 0 Å². The molecular formula is C13H16ClNO4S. The summed E-state index contributed by atoms with van der Waals surface area (Å²) in [6.07, 6.45) is 2.91.